The lowest BCUT2D eigenvalue weighted by Gasteiger charge is -2.29. The van der Waals surface area contributed by atoms with Gasteiger partial charge in [0.25, 0.3) is 0 Å². The van der Waals surface area contributed by atoms with Gasteiger partial charge >= 0.3 is 12.1 Å². The maximum atomic E-state index is 14.4. The van der Waals surface area contributed by atoms with E-state index in [1.54, 1.807) is 33.8 Å². The molecule has 2 aromatic rings. The molecular formula is C22H26BrClFN3O6. The van der Waals surface area contributed by atoms with E-state index in [0.717, 1.165) is 9.58 Å². The van der Waals surface area contributed by atoms with Gasteiger partial charge in [0.05, 0.1) is 35.8 Å². The van der Waals surface area contributed by atoms with E-state index in [0.29, 0.717) is 26.1 Å². The molecule has 1 aromatic heterocycles. The van der Waals surface area contributed by atoms with Gasteiger partial charge < -0.3 is 14.2 Å². The van der Waals surface area contributed by atoms with E-state index >= 15 is 0 Å². The average Bonchev–Trinajstić information content (AvgIpc) is 3.32. The van der Waals surface area contributed by atoms with E-state index in [2.05, 4.69) is 21.0 Å². The van der Waals surface area contributed by atoms with E-state index in [1.165, 1.54) is 13.3 Å². The third kappa shape index (κ3) is 5.30. The molecule has 9 nitrogen and oxygen atoms in total. The molecule has 1 fully saturated rings. The topological polar surface area (TPSA) is 100.0 Å². The van der Waals surface area contributed by atoms with Crippen LogP contribution in [0.25, 0.3) is 10.9 Å². The predicted octanol–water partition coefficient (Wildman–Crippen LogP) is 4.48. The number of alkyl halides is 1. The molecule has 1 aliphatic heterocycles. The smallest absolute Gasteiger partial charge is 0.411 e. The number of hydrogen-bond donors (Lipinski definition) is 0. The molecule has 1 aromatic carbocycles. The van der Waals surface area contributed by atoms with Gasteiger partial charge in [-0.05, 0) is 49.7 Å². The molecule has 3 atom stereocenters. The lowest BCUT2D eigenvalue weighted by Crippen LogP contribution is -2.47. The molecule has 0 saturated carbocycles. The summed E-state index contributed by atoms with van der Waals surface area (Å²) in [5, 5.41) is 5.12. The number of likely N-dealkylation sites (tertiary alicyclic amines) is 1. The van der Waals surface area contributed by atoms with Gasteiger partial charge in [-0.15, -0.1) is 0 Å². The number of carbonyl (C=O) groups is 3. The van der Waals surface area contributed by atoms with Crippen LogP contribution in [0.3, 0.4) is 0 Å². The molecule has 0 radical (unpaired) electrons. The third-order valence-electron chi connectivity index (χ3n) is 5.13. The molecule has 186 valence electrons. The normalized spacial score (nSPS) is 19.2. The van der Waals surface area contributed by atoms with Crippen molar-refractivity contribution in [3.05, 3.63) is 21.8 Å². The number of halogens is 3. The molecule has 1 aliphatic rings. The zero-order chi connectivity index (χ0) is 25.4. The van der Waals surface area contributed by atoms with Crippen molar-refractivity contribution in [2.45, 2.75) is 58.0 Å². The summed E-state index contributed by atoms with van der Waals surface area (Å²) in [4.78, 5) is 40.2. The lowest BCUT2D eigenvalue weighted by molar-refractivity contribution is -0.152. The highest BCUT2D eigenvalue weighted by molar-refractivity contribution is 9.10. The summed E-state index contributed by atoms with van der Waals surface area (Å²) in [5.41, 5.74) is -0.539. The number of ether oxygens (including phenoxy) is 3. The molecule has 12 heteroatoms. The molecule has 2 heterocycles. The van der Waals surface area contributed by atoms with Crippen molar-refractivity contribution >= 4 is 56.3 Å². The summed E-state index contributed by atoms with van der Waals surface area (Å²) in [5.74, 6) is -1.28. The number of ketones is 1. The molecule has 34 heavy (non-hydrogen) atoms. The van der Waals surface area contributed by atoms with E-state index in [-0.39, 0.29) is 19.6 Å². The fraction of sp³-hybridized carbons (Fsp3) is 0.545. The number of carbonyl (C=O) groups excluding carboxylic acids is 3. The minimum absolute atomic E-state index is 0.00517. The highest BCUT2D eigenvalue weighted by atomic mass is 79.9. The van der Waals surface area contributed by atoms with E-state index in [4.69, 9.17) is 25.8 Å². The Bertz CT molecular complexity index is 1120. The Morgan fingerprint density at radius 2 is 2.03 bits per heavy atom. The minimum Gasteiger partial charge on any atom is -0.493 e. The van der Waals surface area contributed by atoms with Crippen LogP contribution in [-0.2, 0) is 19.1 Å². The van der Waals surface area contributed by atoms with Crippen molar-refractivity contribution in [1.29, 1.82) is 0 Å². The first-order chi connectivity index (χ1) is 15.9. The number of methoxy groups -OCH3 is 1. The largest absolute Gasteiger partial charge is 0.493 e. The highest BCUT2D eigenvalue weighted by Crippen LogP contribution is 2.38. The number of esters is 1. The molecule has 0 aliphatic carbocycles. The van der Waals surface area contributed by atoms with E-state index < -0.39 is 41.7 Å². The number of aromatic nitrogens is 2. The third-order valence-corrected chi connectivity index (χ3v) is 6.03. The van der Waals surface area contributed by atoms with E-state index in [1.807, 2.05) is 0 Å². The summed E-state index contributed by atoms with van der Waals surface area (Å²) in [7, 11) is 1.44. The SMILES string of the molecule is CCOC(=O)C(C(=O)C1CC(F)CN1C(=O)OC(C)(C)C)n1cc2c(Cl)cc(Br)c(OC)c2n1. The zero-order valence-corrected chi connectivity index (χ0v) is 21.8. The van der Waals surface area contributed by atoms with Gasteiger partial charge in [-0.2, -0.15) is 5.10 Å². The van der Waals surface area contributed by atoms with Crippen LogP contribution in [-0.4, -0.2) is 70.6 Å². The number of benzene rings is 1. The lowest BCUT2D eigenvalue weighted by atomic mass is 10.0. The highest BCUT2D eigenvalue weighted by Gasteiger charge is 2.46. The van der Waals surface area contributed by atoms with Gasteiger partial charge in [0, 0.05) is 18.0 Å². The average molecular weight is 563 g/mol. The number of rotatable bonds is 6. The molecule has 1 saturated heterocycles. The van der Waals surface area contributed by atoms with Crippen molar-refractivity contribution in [1.82, 2.24) is 14.7 Å². The van der Waals surface area contributed by atoms with Crippen molar-refractivity contribution in [3.8, 4) is 5.75 Å². The Labute approximate surface area is 209 Å². The van der Waals surface area contributed by atoms with Crippen LogP contribution in [0.5, 0.6) is 5.75 Å². The Hall–Kier alpha value is -2.40. The minimum atomic E-state index is -1.58. The summed E-state index contributed by atoms with van der Waals surface area (Å²) in [6, 6.07) is -1.21. The first kappa shape index (κ1) is 26.2. The maximum absolute atomic E-state index is 14.4. The Kier molecular flexibility index (Phi) is 7.76. The van der Waals surface area contributed by atoms with Crippen LogP contribution in [0, 0.1) is 0 Å². The zero-order valence-electron chi connectivity index (χ0n) is 19.4. The van der Waals surface area contributed by atoms with Crippen LogP contribution >= 0.6 is 27.5 Å². The summed E-state index contributed by atoms with van der Waals surface area (Å²) >= 11 is 9.69. The van der Waals surface area contributed by atoms with Crippen molar-refractivity contribution in [3.63, 3.8) is 0 Å². The Morgan fingerprint density at radius 1 is 1.35 bits per heavy atom. The van der Waals surface area contributed by atoms with Gasteiger partial charge in [-0.1, -0.05) is 11.6 Å². The van der Waals surface area contributed by atoms with Crippen molar-refractivity contribution < 1.29 is 33.0 Å². The van der Waals surface area contributed by atoms with Crippen LogP contribution in [0.4, 0.5) is 9.18 Å². The molecule has 0 bridgehead atoms. The molecule has 3 rings (SSSR count). The van der Waals surface area contributed by atoms with Crippen LogP contribution < -0.4 is 4.74 Å². The number of amides is 1. The fourth-order valence-electron chi connectivity index (χ4n) is 3.76. The van der Waals surface area contributed by atoms with Crippen LogP contribution in [0.2, 0.25) is 5.02 Å². The molecule has 0 N–H and O–H groups in total. The molecule has 0 spiro atoms. The van der Waals surface area contributed by atoms with Crippen molar-refractivity contribution in [2.75, 3.05) is 20.3 Å². The maximum Gasteiger partial charge on any atom is 0.411 e. The number of fused-ring (bicyclic) bond motifs is 1. The van der Waals surface area contributed by atoms with Gasteiger partial charge in [0.15, 0.2) is 11.5 Å². The Balaban J connectivity index is 2.06. The second kappa shape index (κ2) is 10.1. The number of hydrogen-bond acceptors (Lipinski definition) is 7. The monoisotopic (exact) mass is 561 g/mol. The van der Waals surface area contributed by atoms with Gasteiger partial charge in [-0.3, -0.25) is 9.69 Å². The quantitative estimate of drug-likeness (QED) is 0.378. The molecule has 3 unspecified atom stereocenters. The second-order valence-electron chi connectivity index (χ2n) is 8.78. The molecule has 1 amide bonds. The number of Topliss-reactive ketones (excluding diaryl/α,β-unsaturated/α-hetero) is 1. The summed E-state index contributed by atoms with van der Waals surface area (Å²) in [6.07, 6.45) is -1.14. The number of nitrogens with zero attached hydrogens (tertiary/aromatic N) is 3. The predicted molar refractivity (Wildman–Crippen MR) is 126 cm³/mol. The summed E-state index contributed by atoms with van der Waals surface area (Å²) < 4.78 is 31.9. The van der Waals surface area contributed by atoms with Crippen LogP contribution in [0.15, 0.2) is 16.7 Å². The first-order valence-electron chi connectivity index (χ1n) is 10.6. The van der Waals surface area contributed by atoms with Gasteiger partial charge in [0.1, 0.15) is 17.3 Å². The van der Waals surface area contributed by atoms with E-state index in [9.17, 15) is 18.8 Å². The second-order valence-corrected chi connectivity index (χ2v) is 10.0. The van der Waals surface area contributed by atoms with Crippen LogP contribution in [0.1, 0.15) is 40.2 Å². The molecular weight excluding hydrogens is 537 g/mol. The standard InChI is InChI=1S/C22H26BrClFN3O6/c1-6-33-20(30)17(28-10-12-14(24)8-13(23)19(32-5)16(12)26-28)18(29)15-7-11(25)9-27(15)21(31)34-22(2,3)4/h8,10-11,15,17H,6-7,9H2,1-5H3. The Morgan fingerprint density at radius 3 is 2.62 bits per heavy atom. The summed E-state index contributed by atoms with van der Waals surface area (Å²) in [6.45, 7) is 6.26. The van der Waals surface area contributed by atoms with Crippen molar-refractivity contribution in [2.24, 2.45) is 0 Å². The van der Waals surface area contributed by atoms with Gasteiger partial charge in [-0.25, -0.2) is 18.7 Å². The fourth-order valence-corrected chi connectivity index (χ4v) is 4.72. The van der Waals surface area contributed by atoms with Gasteiger partial charge in [0.2, 0.25) is 6.04 Å². The first-order valence-corrected chi connectivity index (χ1v) is 11.8.